The van der Waals surface area contributed by atoms with E-state index in [4.69, 9.17) is 21.1 Å². The van der Waals surface area contributed by atoms with Crippen molar-refractivity contribution in [3.05, 3.63) is 71.8 Å². The van der Waals surface area contributed by atoms with Crippen LogP contribution in [-0.4, -0.2) is 19.5 Å². The smallest absolute Gasteiger partial charge is 0.160 e. The third-order valence-corrected chi connectivity index (χ3v) is 7.27. The highest BCUT2D eigenvalue weighted by atomic mass is 35.5. The first-order valence-electron chi connectivity index (χ1n) is 11.9. The predicted octanol–water partition coefficient (Wildman–Crippen LogP) is 7.70. The van der Waals surface area contributed by atoms with E-state index in [9.17, 15) is 0 Å². The van der Waals surface area contributed by atoms with Gasteiger partial charge in [0.25, 0.3) is 0 Å². The molecule has 1 aliphatic carbocycles. The Labute approximate surface area is 192 Å². The summed E-state index contributed by atoms with van der Waals surface area (Å²) in [5.74, 6) is 1.95. The fourth-order valence-electron chi connectivity index (χ4n) is 4.98. The molecular weight excluding hydrogens is 404 g/mol. The van der Waals surface area contributed by atoms with Crippen molar-refractivity contribution in [1.82, 2.24) is 0 Å². The first-order valence-corrected chi connectivity index (χ1v) is 12.3. The zero-order valence-corrected chi connectivity index (χ0v) is 19.2. The summed E-state index contributed by atoms with van der Waals surface area (Å²) < 4.78 is 12.2. The molecule has 166 valence electrons. The molecule has 0 atom stereocenters. The van der Waals surface area contributed by atoms with Gasteiger partial charge in [-0.1, -0.05) is 54.1 Å². The molecule has 1 heterocycles. The van der Waals surface area contributed by atoms with Crippen LogP contribution in [0, 0.1) is 17.8 Å². The standard InChI is InChI=1S/C28H35ClO2/c1-2-3-4-23-19-30-28(31-20-23)26-13-9-22(10-14-26)6-5-21-7-11-24(12-8-21)25-15-17-27(29)18-16-25/h2,7-8,11-12,15-18,22-23,26,28H,1,3-6,9-10,13-14,19-20H2/t22?,23-,26?,28-. The van der Waals surface area contributed by atoms with E-state index < -0.39 is 0 Å². The highest BCUT2D eigenvalue weighted by molar-refractivity contribution is 6.30. The van der Waals surface area contributed by atoms with Gasteiger partial charge in [-0.2, -0.15) is 0 Å². The topological polar surface area (TPSA) is 18.5 Å². The molecule has 1 saturated heterocycles. The van der Waals surface area contributed by atoms with E-state index in [1.807, 2.05) is 18.2 Å². The molecule has 0 spiro atoms. The maximum Gasteiger partial charge on any atom is 0.160 e. The molecule has 3 heteroatoms. The van der Waals surface area contributed by atoms with Crippen LogP contribution in [0.3, 0.4) is 0 Å². The van der Waals surface area contributed by atoms with Gasteiger partial charge in [-0.15, -0.1) is 6.58 Å². The monoisotopic (exact) mass is 438 g/mol. The van der Waals surface area contributed by atoms with Crippen molar-refractivity contribution in [3.63, 3.8) is 0 Å². The number of rotatable bonds is 8. The number of ether oxygens (including phenoxy) is 2. The van der Waals surface area contributed by atoms with Gasteiger partial charge < -0.3 is 9.47 Å². The van der Waals surface area contributed by atoms with Gasteiger partial charge in [-0.3, -0.25) is 0 Å². The van der Waals surface area contributed by atoms with Crippen LogP contribution in [0.2, 0.25) is 5.02 Å². The van der Waals surface area contributed by atoms with Crippen LogP contribution >= 0.6 is 11.6 Å². The molecule has 0 aromatic heterocycles. The molecule has 2 aromatic carbocycles. The maximum absolute atomic E-state index is 6.08. The fourth-order valence-corrected chi connectivity index (χ4v) is 5.10. The van der Waals surface area contributed by atoms with E-state index in [0.717, 1.165) is 43.4 Å². The number of hydrogen-bond donors (Lipinski definition) is 0. The molecule has 2 aromatic rings. The zero-order chi connectivity index (χ0) is 21.5. The average molecular weight is 439 g/mol. The number of aryl methyl sites for hydroxylation is 1. The van der Waals surface area contributed by atoms with Crippen molar-refractivity contribution in [1.29, 1.82) is 0 Å². The van der Waals surface area contributed by atoms with Gasteiger partial charge in [0.1, 0.15) is 0 Å². The first-order chi connectivity index (χ1) is 15.2. The third-order valence-electron chi connectivity index (χ3n) is 7.02. The van der Waals surface area contributed by atoms with E-state index in [0.29, 0.717) is 11.8 Å². The number of benzene rings is 2. The van der Waals surface area contributed by atoms with Crippen LogP contribution in [0.15, 0.2) is 61.2 Å². The first kappa shape index (κ1) is 22.6. The molecular formula is C28H35ClO2. The maximum atomic E-state index is 6.08. The van der Waals surface area contributed by atoms with Crippen LogP contribution in [-0.2, 0) is 15.9 Å². The van der Waals surface area contributed by atoms with Crippen molar-refractivity contribution >= 4 is 11.6 Å². The quantitative estimate of drug-likeness (QED) is 0.393. The Morgan fingerprint density at radius 2 is 1.42 bits per heavy atom. The molecule has 31 heavy (non-hydrogen) atoms. The lowest BCUT2D eigenvalue weighted by Crippen LogP contribution is -2.38. The molecule has 0 N–H and O–H groups in total. The molecule has 4 rings (SSSR count). The summed E-state index contributed by atoms with van der Waals surface area (Å²) in [6.45, 7) is 5.51. The van der Waals surface area contributed by atoms with E-state index >= 15 is 0 Å². The molecule has 0 bridgehead atoms. The number of allylic oxidation sites excluding steroid dienone is 1. The molecule has 2 nitrogen and oxygen atoms in total. The zero-order valence-electron chi connectivity index (χ0n) is 18.5. The Morgan fingerprint density at radius 3 is 2.03 bits per heavy atom. The summed E-state index contributed by atoms with van der Waals surface area (Å²) in [5, 5.41) is 0.782. The van der Waals surface area contributed by atoms with Crippen molar-refractivity contribution < 1.29 is 9.47 Å². The molecule has 2 fully saturated rings. The van der Waals surface area contributed by atoms with Gasteiger partial charge in [0.15, 0.2) is 6.29 Å². The minimum atomic E-state index is 0.0290. The second kappa shape index (κ2) is 11.3. The average Bonchev–Trinajstić information content (AvgIpc) is 2.83. The summed E-state index contributed by atoms with van der Waals surface area (Å²) >= 11 is 6.00. The van der Waals surface area contributed by atoms with Crippen LogP contribution in [0.5, 0.6) is 0 Å². The van der Waals surface area contributed by atoms with E-state index in [1.165, 1.54) is 48.8 Å². The lowest BCUT2D eigenvalue weighted by Gasteiger charge is -2.37. The van der Waals surface area contributed by atoms with E-state index in [2.05, 4.69) is 43.0 Å². The largest absolute Gasteiger partial charge is 0.352 e. The highest BCUT2D eigenvalue weighted by Gasteiger charge is 2.32. The van der Waals surface area contributed by atoms with Crippen molar-refractivity contribution in [2.45, 2.75) is 57.7 Å². The second-order valence-electron chi connectivity index (χ2n) is 9.29. The molecule has 0 unspecified atom stereocenters. The number of hydrogen-bond acceptors (Lipinski definition) is 2. The summed E-state index contributed by atoms with van der Waals surface area (Å²) in [6.07, 6.45) is 11.7. The van der Waals surface area contributed by atoms with Gasteiger partial charge in [0.2, 0.25) is 0 Å². The molecule has 0 amide bonds. The Hall–Kier alpha value is -1.61. The molecule has 0 radical (unpaired) electrons. The summed E-state index contributed by atoms with van der Waals surface area (Å²) in [4.78, 5) is 0. The van der Waals surface area contributed by atoms with Crippen LogP contribution in [0.1, 0.15) is 50.5 Å². The van der Waals surface area contributed by atoms with E-state index in [1.54, 1.807) is 0 Å². The summed E-state index contributed by atoms with van der Waals surface area (Å²) in [7, 11) is 0. The van der Waals surface area contributed by atoms with Crippen LogP contribution in [0.4, 0.5) is 0 Å². The van der Waals surface area contributed by atoms with Crippen molar-refractivity contribution in [2.24, 2.45) is 17.8 Å². The highest BCUT2D eigenvalue weighted by Crippen LogP contribution is 2.36. The minimum absolute atomic E-state index is 0.0290. The fraction of sp³-hybridized carbons (Fsp3) is 0.500. The normalized spacial score (nSPS) is 26.5. The third kappa shape index (κ3) is 6.44. The molecule has 1 aliphatic heterocycles. The Bertz CT molecular complexity index is 798. The van der Waals surface area contributed by atoms with Crippen molar-refractivity contribution in [3.8, 4) is 11.1 Å². The molecule has 1 saturated carbocycles. The second-order valence-corrected chi connectivity index (χ2v) is 9.73. The minimum Gasteiger partial charge on any atom is -0.352 e. The Morgan fingerprint density at radius 1 is 0.806 bits per heavy atom. The van der Waals surface area contributed by atoms with Gasteiger partial charge in [-0.25, -0.2) is 0 Å². The van der Waals surface area contributed by atoms with Gasteiger partial charge >= 0.3 is 0 Å². The Kier molecular flexibility index (Phi) is 8.24. The van der Waals surface area contributed by atoms with Crippen molar-refractivity contribution in [2.75, 3.05) is 13.2 Å². The lowest BCUT2D eigenvalue weighted by atomic mass is 9.79. The molecule has 2 aliphatic rings. The van der Waals surface area contributed by atoms with E-state index in [-0.39, 0.29) is 6.29 Å². The number of halogens is 1. The predicted molar refractivity (Wildman–Crippen MR) is 129 cm³/mol. The summed E-state index contributed by atoms with van der Waals surface area (Å²) in [5.41, 5.74) is 3.90. The van der Waals surface area contributed by atoms with Gasteiger partial charge in [0.05, 0.1) is 13.2 Å². The SMILES string of the molecule is C=CCC[C@H]1CO[C@H](C2CCC(CCc3ccc(-c4ccc(Cl)cc4)cc3)CC2)OC1. The van der Waals surface area contributed by atoms with Crippen LogP contribution in [0.25, 0.3) is 11.1 Å². The van der Waals surface area contributed by atoms with Gasteiger partial charge in [0, 0.05) is 16.9 Å². The van der Waals surface area contributed by atoms with Gasteiger partial charge in [-0.05, 0) is 86.1 Å². The van der Waals surface area contributed by atoms with Crippen LogP contribution < -0.4 is 0 Å². The lowest BCUT2D eigenvalue weighted by molar-refractivity contribution is -0.229. The summed E-state index contributed by atoms with van der Waals surface area (Å²) in [6, 6.07) is 17.1. The Balaban J connectivity index is 1.18.